The SMILES string of the molecule is CCCCCC1CCC(c2ccc(C(F)(F)OC(C)c3ccc(OCC)c(F)c3F)c(F)c2F)CC1. The van der Waals surface area contributed by atoms with Crippen LogP contribution < -0.4 is 4.74 Å². The van der Waals surface area contributed by atoms with Crippen LogP contribution in [0.15, 0.2) is 24.3 Å². The fourth-order valence-corrected chi connectivity index (χ4v) is 5.03. The van der Waals surface area contributed by atoms with E-state index in [4.69, 9.17) is 4.74 Å². The van der Waals surface area contributed by atoms with Gasteiger partial charge in [-0.2, -0.15) is 13.2 Å². The van der Waals surface area contributed by atoms with Crippen molar-refractivity contribution < 1.29 is 35.8 Å². The van der Waals surface area contributed by atoms with Crippen molar-refractivity contribution in [2.45, 2.75) is 90.3 Å². The Kier molecular flexibility index (Phi) is 9.72. The molecule has 1 saturated carbocycles. The van der Waals surface area contributed by atoms with Crippen LogP contribution in [0.5, 0.6) is 5.75 Å². The monoisotopic (exact) mass is 516 g/mol. The Morgan fingerprint density at radius 2 is 1.56 bits per heavy atom. The highest BCUT2D eigenvalue weighted by molar-refractivity contribution is 5.33. The molecule has 0 heterocycles. The van der Waals surface area contributed by atoms with E-state index in [2.05, 4.69) is 11.7 Å². The molecule has 0 radical (unpaired) electrons. The molecule has 0 amide bonds. The lowest BCUT2D eigenvalue weighted by atomic mass is 9.76. The Balaban J connectivity index is 1.73. The van der Waals surface area contributed by atoms with Crippen LogP contribution in [-0.2, 0) is 10.8 Å². The van der Waals surface area contributed by atoms with E-state index < -0.39 is 46.6 Å². The summed E-state index contributed by atoms with van der Waals surface area (Å²) in [4.78, 5) is 0. The van der Waals surface area contributed by atoms with E-state index in [0.717, 1.165) is 57.2 Å². The molecule has 200 valence electrons. The summed E-state index contributed by atoms with van der Waals surface area (Å²) in [6, 6.07) is 4.17. The van der Waals surface area contributed by atoms with E-state index in [1.54, 1.807) is 6.92 Å². The number of ether oxygens (including phenoxy) is 2. The lowest BCUT2D eigenvalue weighted by Gasteiger charge is -2.30. The first-order valence-corrected chi connectivity index (χ1v) is 12.7. The molecule has 1 unspecified atom stereocenters. The molecule has 36 heavy (non-hydrogen) atoms. The molecule has 0 aromatic heterocycles. The van der Waals surface area contributed by atoms with E-state index in [1.165, 1.54) is 12.5 Å². The highest BCUT2D eigenvalue weighted by atomic mass is 19.3. The van der Waals surface area contributed by atoms with Gasteiger partial charge in [0.25, 0.3) is 0 Å². The summed E-state index contributed by atoms with van der Waals surface area (Å²) >= 11 is 0. The van der Waals surface area contributed by atoms with Gasteiger partial charge in [0, 0.05) is 5.56 Å². The Morgan fingerprint density at radius 3 is 2.19 bits per heavy atom. The van der Waals surface area contributed by atoms with Gasteiger partial charge in [-0.05, 0) is 75.1 Å². The number of alkyl halides is 2. The Hall–Kier alpha value is -2.22. The molecule has 1 atom stereocenters. The third kappa shape index (κ3) is 6.36. The third-order valence-corrected chi connectivity index (χ3v) is 7.07. The molecule has 3 rings (SSSR count). The average Bonchev–Trinajstić information content (AvgIpc) is 2.84. The number of hydrogen-bond donors (Lipinski definition) is 0. The predicted octanol–water partition coefficient (Wildman–Crippen LogP) is 9.32. The molecule has 1 aliphatic rings. The van der Waals surface area contributed by atoms with Crippen molar-refractivity contribution in [2.75, 3.05) is 6.61 Å². The van der Waals surface area contributed by atoms with E-state index in [0.29, 0.717) is 18.8 Å². The van der Waals surface area contributed by atoms with Crippen LogP contribution >= 0.6 is 0 Å². The molecular weight excluding hydrogens is 482 g/mol. The van der Waals surface area contributed by atoms with E-state index in [9.17, 15) is 26.3 Å². The van der Waals surface area contributed by atoms with Crippen molar-refractivity contribution in [3.05, 3.63) is 64.2 Å². The largest absolute Gasteiger partial charge is 0.491 e. The van der Waals surface area contributed by atoms with Crippen molar-refractivity contribution in [1.29, 1.82) is 0 Å². The van der Waals surface area contributed by atoms with Crippen LogP contribution in [-0.4, -0.2) is 6.61 Å². The number of benzene rings is 2. The minimum atomic E-state index is -4.28. The van der Waals surface area contributed by atoms with Crippen LogP contribution in [0.4, 0.5) is 26.3 Å². The molecule has 8 heteroatoms. The summed E-state index contributed by atoms with van der Waals surface area (Å²) in [5.74, 6) is -5.77. The molecule has 2 aromatic carbocycles. The van der Waals surface area contributed by atoms with Crippen molar-refractivity contribution in [3.63, 3.8) is 0 Å². The van der Waals surface area contributed by atoms with Gasteiger partial charge < -0.3 is 9.47 Å². The maximum absolute atomic E-state index is 14.9. The lowest BCUT2D eigenvalue weighted by Crippen LogP contribution is -2.24. The maximum Gasteiger partial charge on any atom is 0.386 e. The summed E-state index contributed by atoms with van der Waals surface area (Å²) in [6.45, 7) is 4.89. The van der Waals surface area contributed by atoms with Crippen LogP contribution in [0.3, 0.4) is 0 Å². The molecule has 0 N–H and O–H groups in total. The first-order valence-electron chi connectivity index (χ1n) is 12.7. The number of hydrogen-bond acceptors (Lipinski definition) is 2. The standard InChI is InChI=1S/C28H34F6O2/c1-4-6-7-8-18-9-11-19(12-10-18)21-13-15-22(26(31)25(21)30)28(33,34)36-17(3)20-14-16-23(35-5-2)27(32)24(20)29/h13-19H,4-12H2,1-3H3. The van der Waals surface area contributed by atoms with Gasteiger partial charge in [0.05, 0.1) is 18.3 Å². The van der Waals surface area contributed by atoms with Gasteiger partial charge in [0.2, 0.25) is 5.82 Å². The zero-order valence-corrected chi connectivity index (χ0v) is 21.0. The van der Waals surface area contributed by atoms with Gasteiger partial charge in [-0.3, -0.25) is 0 Å². The fraction of sp³-hybridized carbons (Fsp3) is 0.571. The van der Waals surface area contributed by atoms with Gasteiger partial charge >= 0.3 is 6.11 Å². The van der Waals surface area contributed by atoms with Gasteiger partial charge in [0.1, 0.15) is 0 Å². The second-order valence-corrected chi connectivity index (χ2v) is 9.53. The summed E-state index contributed by atoms with van der Waals surface area (Å²) in [5.41, 5.74) is -1.69. The van der Waals surface area contributed by atoms with E-state index >= 15 is 0 Å². The quantitative estimate of drug-likeness (QED) is 0.219. The first kappa shape index (κ1) is 28.4. The minimum Gasteiger partial charge on any atom is -0.491 e. The fourth-order valence-electron chi connectivity index (χ4n) is 5.03. The zero-order valence-electron chi connectivity index (χ0n) is 21.0. The maximum atomic E-state index is 14.9. The second-order valence-electron chi connectivity index (χ2n) is 9.53. The Labute approximate surface area is 209 Å². The van der Waals surface area contributed by atoms with Crippen LogP contribution in [0.25, 0.3) is 0 Å². The summed E-state index contributed by atoms with van der Waals surface area (Å²) < 4.78 is 97.7. The second kappa shape index (κ2) is 12.3. The minimum absolute atomic E-state index is 0.0844. The molecule has 0 aliphatic heterocycles. The molecule has 0 spiro atoms. The molecule has 0 saturated heterocycles. The van der Waals surface area contributed by atoms with Crippen LogP contribution in [0, 0.1) is 29.2 Å². The van der Waals surface area contributed by atoms with Crippen molar-refractivity contribution in [3.8, 4) is 5.75 Å². The van der Waals surface area contributed by atoms with E-state index in [-0.39, 0.29) is 23.8 Å². The van der Waals surface area contributed by atoms with E-state index in [1.807, 2.05) is 0 Å². The van der Waals surface area contributed by atoms with Gasteiger partial charge in [-0.1, -0.05) is 38.7 Å². The van der Waals surface area contributed by atoms with Crippen molar-refractivity contribution in [2.24, 2.45) is 5.92 Å². The lowest BCUT2D eigenvalue weighted by molar-refractivity contribution is -0.274. The molecule has 1 aliphatic carbocycles. The van der Waals surface area contributed by atoms with Gasteiger partial charge in [-0.25, -0.2) is 13.2 Å². The first-order chi connectivity index (χ1) is 17.1. The molecule has 2 aromatic rings. The highest BCUT2D eigenvalue weighted by Crippen LogP contribution is 2.42. The normalized spacial score (nSPS) is 19.4. The Morgan fingerprint density at radius 1 is 0.861 bits per heavy atom. The summed E-state index contributed by atoms with van der Waals surface area (Å²) in [7, 11) is 0. The topological polar surface area (TPSA) is 18.5 Å². The number of unbranched alkanes of at least 4 members (excludes halogenated alkanes) is 2. The predicted molar refractivity (Wildman–Crippen MR) is 126 cm³/mol. The molecule has 1 fully saturated rings. The number of rotatable bonds is 11. The van der Waals surface area contributed by atoms with Crippen LogP contribution in [0.2, 0.25) is 0 Å². The Bertz CT molecular complexity index is 1020. The average molecular weight is 517 g/mol. The molecule has 0 bridgehead atoms. The summed E-state index contributed by atoms with van der Waals surface area (Å²) in [5, 5.41) is 0. The smallest absolute Gasteiger partial charge is 0.386 e. The zero-order chi connectivity index (χ0) is 26.5. The number of halogens is 6. The third-order valence-electron chi connectivity index (χ3n) is 7.07. The molecular formula is C28H34F6O2. The summed E-state index contributed by atoms with van der Waals surface area (Å²) in [6.07, 6.45) is 1.83. The highest BCUT2D eigenvalue weighted by Gasteiger charge is 2.41. The van der Waals surface area contributed by atoms with Gasteiger partial charge in [-0.15, -0.1) is 0 Å². The van der Waals surface area contributed by atoms with Gasteiger partial charge in [0.15, 0.2) is 23.2 Å². The van der Waals surface area contributed by atoms with Crippen molar-refractivity contribution >= 4 is 0 Å². The molecule has 2 nitrogen and oxygen atoms in total. The van der Waals surface area contributed by atoms with Crippen LogP contribution in [0.1, 0.15) is 101 Å². The van der Waals surface area contributed by atoms with Crippen molar-refractivity contribution in [1.82, 2.24) is 0 Å².